The quantitative estimate of drug-likeness (QED) is 0.339. The summed E-state index contributed by atoms with van der Waals surface area (Å²) in [5.41, 5.74) is 1.87. The fourth-order valence-electron chi connectivity index (χ4n) is 0.703. The van der Waals surface area contributed by atoms with Crippen molar-refractivity contribution in [2.24, 2.45) is 0 Å². The minimum Gasteiger partial charge on any atom is -0.479 e. The summed E-state index contributed by atoms with van der Waals surface area (Å²) in [6, 6.07) is -0.945. The van der Waals surface area contributed by atoms with Crippen molar-refractivity contribution >= 4 is 18.0 Å². The average Bonchev–Trinajstić information content (AvgIpc) is 2.23. The van der Waals surface area contributed by atoms with E-state index < -0.39 is 18.6 Å². The highest BCUT2D eigenvalue weighted by Gasteiger charge is 2.03. The second-order valence-electron chi connectivity index (χ2n) is 3.17. The molecule has 0 aromatic heterocycles. The van der Waals surface area contributed by atoms with E-state index in [0.717, 1.165) is 0 Å². The van der Waals surface area contributed by atoms with Crippen LogP contribution < -0.4 is 16.1 Å². The maximum atomic E-state index is 11.0. The third-order valence-corrected chi connectivity index (χ3v) is 1.45. The Kier molecular flexibility index (Phi) is 7.19. The van der Waals surface area contributed by atoms with Crippen molar-refractivity contribution in [1.29, 1.82) is 0 Å². The Labute approximate surface area is 98.0 Å². The largest absolute Gasteiger partial charge is 0.479 e. The summed E-state index contributed by atoms with van der Waals surface area (Å²) in [5, 5.41) is 13.1. The van der Waals surface area contributed by atoms with E-state index in [9.17, 15) is 14.4 Å². The maximum absolute atomic E-state index is 11.0. The number of hydrogen-bond acceptors (Lipinski definition) is 4. The van der Waals surface area contributed by atoms with Crippen LogP contribution in [0.1, 0.15) is 0 Å². The van der Waals surface area contributed by atoms with Crippen LogP contribution in [0.15, 0.2) is 0 Å². The Balaban J connectivity index is 3.45. The van der Waals surface area contributed by atoms with Crippen LogP contribution in [0.4, 0.5) is 9.59 Å². The summed E-state index contributed by atoms with van der Waals surface area (Å²) in [4.78, 5) is 37.7. The Bertz CT molecular complexity index is 281. The highest BCUT2D eigenvalue weighted by Crippen LogP contribution is 1.75. The van der Waals surface area contributed by atoms with Gasteiger partial charge in [-0.15, -0.1) is 0 Å². The van der Waals surface area contributed by atoms with Gasteiger partial charge in [-0.2, -0.15) is 0 Å². The molecule has 0 aliphatic heterocycles. The third kappa shape index (κ3) is 8.93. The van der Waals surface area contributed by atoms with Gasteiger partial charge in [-0.05, 0) is 0 Å². The van der Waals surface area contributed by atoms with Crippen molar-refractivity contribution < 1.29 is 24.3 Å². The zero-order valence-corrected chi connectivity index (χ0v) is 9.65. The number of hydrogen-bond donors (Lipinski definition) is 4. The van der Waals surface area contributed by atoms with Gasteiger partial charge in [0.1, 0.15) is 0 Å². The molecule has 0 heterocycles. The van der Waals surface area contributed by atoms with Crippen LogP contribution in [0.5, 0.6) is 0 Å². The average molecular weight is 248 g/mol. The molecule has 9 heteroatoms. The second-order valence-corrected chi connectivity index (χ2v) is 3.17. The summed E-state index contributed by atoms with van der Waals surface area (Å²) < 4.78 is 0. The highest BCUT2D eigenvalue weighted by molar-refractivity contribution is 5.74. The van der Waals surface area contributed by atoms with Gasteiger partial charge in [-0.1, -0.05) is 0 Å². The number of aliphatic carboxylic acids is 1. The fraction of sp³-hybridized carbons (Fsp3) is 0.625. The van der Waals surface area contributed by atoms with Crippen molar-refractivity contribution in [3.63, 3.8) is 0 Å². The first-order valence-electron chi connectivity index (χ1n) is 4.76. The number of carboxylic acids is 1. The first kappa shape index (κ1) is 15.0. The van der Waals surface area contributed by atoms with E-state index in [2.05, 4.69) is 15.5 Å². The molecule has 98 valence electrons. The molecule has 0 aliphatic carbocycles. The van der Waals surface area contributed by atoms with Gasteiger partial charge >= 0.3 is 18.0 Å². The van der Waals surface area contributed by atoms with Crippen LogP contribution in [0.25, 0.3) is 0 Å². The summed E-state index contributed by atoms with van der Waals surface area (Å²) in [6.07, 6.45) is 0. The predicted octanol–water partition coefficient (Wildman–Crippen LogP) is -1.43. The number of rotatable bonds is 6. The standard InChI is InChI=1S/C8H16N4O5/c1-12(2)8(16)10-4-3-9-7(15)11-17-5-6(13)14/h3-5H2,1-2H3,(H,10,16)(H,13,14)(H2,9,11,15). The molecular weight excluding hydrogens is 232 g/mol. The van der Waals surface area contributed by atoms with Crippen LogP contribution in [0.2, 0.25) is 0 Å². The lowest BCUT2D eigenvalue weighted by atomic mass is 10.6. The lowest BCUT2D eigenvalue weighted by Crippen LogP contribution is -2.42. The Morgan fingerprint density at radius 3 is 2.29 bits per heavy atom. The van der Waals surface area contributed by atoms with Gasteiger partial charge in [0.05, 0.1) is 0 Å². The molecule has 0 aromatic rings. The molecule has 0 bridgehead atoms. The fourth-order valence-corrected chi connectivity index (χ4v) is 0.703. The van der Waals surface area contributed by atoms with Crippen molar-refractivity contribution in [1.82, 2.24) is 21.0 Å². The summed E-state index contributed by atoms with van der Waals surface area (Å²) >= 11 is 0. The number of carboxylic acid groups (broad SMARTS) is 1. The van der Waals surface area contributed by atoms with Crippen LogP contribution >= 0.6 is 0 Å². The first-order valence-corrected chi connectivity index (χ1v) is 4.76. The minimum atomic E-state index is -1.19. The van der Waals surface area contributed by atoms with Crippen molar-refractivity contribution in [3.8, 4) is 0 Å². The molecule has 0 aliphatic rings. The lowest BCUT2D eigenvalue weighted by molar-refractivity contribution is -0.144. The highest BCUT2D eigenvalue weighted by atomic mass is 16.7. The SMILES string of the molecule is CN(C)C(=O)NCCNC(=O)NOCC(=O)O. The molecule has 0 unspecified atom stereocenters. The second kappa shape index (κ2) is 8.16. The topological polar surface area (TPSA) is 120 Å². The van der Waals surface area contributed by atoms with Crippen LogP contribution in [-0.2, 0) is 9.63 Å². The summed E-state index contributed by atoms with van der Waals surface area (Å²) in [6.45, 7) is -0.171. The molecule has 4 N–H and O–H groups in total. The van der Waals surface area contributed by atoms with Crippen LogP contribution in [0, 0.1) is 0 Å². The molecule has 0 saturated heterocycles. The van der Waals surface area contributed by atoms with Gasteiger partial charge in [0.2, 0.25) is 0 Å². The van der Waals surface area contributed by atoms with Crippen molar-refractivity contribution in [2.75, 3.05) is 33.8 Å². The van der Waals surface area contributed by atoms with E-state index in [-0.39, 0.29) is 19.1 Å². The molecule has 0 saturated carbocycles. The molecular formula is C8H16N4O5. The normalized spacial score (nSPS) is 9.29. The molecule has 9 nitrogen and oxygen atoms in total. The minimum absolute atomic E-state index is 0.196. The molecule has 0 spiro atoms. The number of amides is 4. The van der Waals surface area contributed by atoms with Crippen LogP contribution in [0.3, 0.4) is 0 Å². The number of urea groups is 2. The van der Waals surface area contributed by atoms with Gasteiger partial charge in [-0.3, -0.25) is 4.84 Å². The Morgan fingerprint density at radius 2 is 1.76 bits per heavy atom. The van der Waals surface area contributed by atoms with Gasteiger partial charge < -0.3 is 20.6 Å². The predicted molar refractivity (Wildman–Crippen MR) is 57.2 cm³/mol. The lowest BCUT2D eigenvalue weighted by Gasteiger charge is -2.12. The maximum Gasteiger partial charge on any atom is 0.338 e. The third-order valence-electron chi connectivity index (χ3n) is 1.45. The number of carbonyl (C=O) groups excluding carboxylic acids is 2. The number of hydroxylamine groups is 1. The summed E-state index contributed by atoms with van der Waals surface area (Å²) in [7, 11) is 3.18. The number of nitrogens with one attached hydrogen (secondary N) is 3. The van der Waals surface area contributed by atoms with E-state index in [4.69, 9.17) is 5.11 Å². The molecule has 0 rings (SSSR count). The zero-order valence-electron chi connectivity index (χ0n) is 9.65. The molecule has 0 aromatic carbocycles. The smallest absolute Gasteiger partial charge is 0.338 e. The van der Waals surface area contributed by atoms with Crippen molar-refractivity contribution in [3.05, 3.63) is 0 Å². The molecule has 0 fully saturated rings. The van der Waals surface area contributed by atoms with Gasteiger partial charge in [-0.25, -0.2) is 19.9 Å². The molecule has 4 amide bonds. The molecule has 0 atom stereocenters. The van der Waals surface area contributed by atoms with E-state index in [1.54, 1.807) is 14.1 Å². The Hall–Kier alpha value is -2.03. The Morgan fingerprint density at radius 1 is 1.18 bits per heavy atom. The van der Waals surface area contributed by atoms with Crippen LogP contribution in [-0.4, -0.2) is 61.8 Å². The van der Waals surface area contributed by atoms with Gasteiger partial charge in [0.15, 0.2) is 6.61 Å². The van der Waals surface area contributed by atoms with Crippen molar-refractivity contribution in [2.45, 2.75) is 0 Å². The van der Waals surface area contributed by atoms with Gasteiger partial charge in [0.25, 0.3) is 0 Å². The number of nitrogens with zero attached hydrogens (tertiary/aromatic N) is 1. The monoisotopic (exact) mass is 248 g/mol. The first-order chi connectivity index (χ1) is 7.93. The number of carbonyl (C=O) groups is 3. The van der Waals surface area contributed by atoms with E-state index in [0.29, 0.717) is 0 Å². The molecule has 0 radical (unpaired) electrons. The summed E-state index contributed by atoms with van der Waals surface area (Å²) in [5.74, 6) is -1.19. The van der Waals surface area contributed by atoms with E-state index in [1.807, 2.05) is 5.48 Å². The molecule has 17 heavy (non-hydrogen) atoms. The van der Waals surface area contributed by atoms with Gasteiger partial charge in [0, 0.05) is 27.2 Å². The van der Waals surface area contributed by atoms with E-state index in [1.165, 1.54) is 4.90 Å². The zero-order chi connectivity index (χ0) is 13.3. The van der Waals surface area contributed by atoms with E-state index >= 15 is 0 Å².